The van der Waals surface area contributed by atoms with Crippen LogP contribution in [0.15, 0.2) is 199 Å². The zero-order chi connectivity index (χ0) is 38.3. The van der Waals surface area contributed by atoms with Crippen LogP contribution < -0.4 is 9.89 Å². The molecule has 0 aliphatic carbocycles. The highest BCUT2D eigenvalue weighted by Gasteiger charge is 2.26. The molecule has 12 rings (SSSR count). The van der Waals surface area contributed by atoms with Gasteiger partial charge in [-0.05, 0) is 89.0 Å². The third-order valence-electron chi connectivity index (χ3n) is 11.9. The van der Waals surface area contributed by atoms with Crippen LogP contribution in [-0.4, -0.2) is 21.1 Å². The molecule has 11 aromatic rings. The molecule has 0 N–H and O–H groups in total. The van der Waals surface area contributed by atoms with E-state index in [1.54, 1.807) is 0 Å². The lowest BCUT2D eigenvalue weighted by molar-refractivity contribution is 0.353. The first-order valence-corrected chi connectivity index (χ1v) is 20.6. The number of fused-ring (bicyclic) bond motifs is 9. The van der Waals surface area contributed by atoms with Gasteiger partial charge in [0.1, 0.15) is 6.17 Å². The molecule has 5 heteroatoms. The molecule has 3 aromatic heterocycles. The Morgan fingerprint density at radius 1 is 0.431 bits per heavy atom. The molecule has 1 atom stereocenters. The summed E-state index contributed by atoms with van der Waals surface area (Å²) in [5.41, 5.74) is 13.0. The minimum Gasteiger partial charge on any atom is -0.347 e. The fraction of sp³-hybridized carbons (Fsp3) is 0.0377. The monoisotopic (exact) mass is 760 g/mol. The number of hydrogen-bond donors (Lipinski definition) is 0. The van der Waals surface area contributed by atoms with E-state index in [4.69, 9.17) is 4.99 Å². The third-order valence-corrected chi connectivity index (χ3v) is 13.1. The normalized spacial score (nSPS) is 14.2. The molecule has 1 unspecified atom stereocenters. The fourth-order valence-corrected chi connectivity index (χ4v) is 10.6. The molecule has 0 amide bonds. The number of rotatable bonds is 5. The number of aromatic nitrogens is 2. The van der Waals surface area contributed by atoms with E-state index in [0.29, 0.717) is 0 Å². The first kappa shape index (κ1) is 33.0. The Hall–Kier alpha value is -7.21. The van der Waals surface area contributed by atoms with Crippen molar-refractivity contribution in [1.29, 1.82) is 0 Å². The van der Waals surface area contributed by atoms with Crippen molar-refractivity contribution in [2.24, 2.45) is 4.99 Å². The molecule has 8 aromatic carbocycles. The summed E-state index contributed by atoms with van der Waals surface area (Å²) in [4.78, 5) is 7.87. The highest BCUT2D eigenvalue weighted by Crippen LogP contribution is 2.39. The van der Waals surface area contributed by atoms with Crippen LogP contribution in [0.1, 0.15) is 17.3 Å². The Kier molecular flexibility index (Phi) is 7.34. The molecule has 0 bridgehead atoms. The Bertz CT molecular complexity index is 3490. The van der Waals surface area contributed by atoms with E-state index in [-0.39, 0.29) is 6.17 Å². The summed E-state index contributed by atoms with van der Waals surface area (Å²) in [5, 5.41) is 7.27. The van der Waals surface area contributed by atoms with Crippen molar-refractivity contribution in [2.45, 2.75) is 6.17 Å². The summed E-state index contributed by atoms with van der Waals surface area (Å²) in [5.74, 6) is 0. The number of para-hydroxylation sites is 3. The van der Waals surface area contributed by atoms with E-state index in [9.17, 15) is 0 Å². The van der Waals surface area contributed by atoms with Crippen molar-refractivity contribution in [2.75, 3.05) is 7.05 Å². The molecule has 1 aliphatic heterocycles. The van der Waals surface area contributed by atoms with Crippen molar-refractivity contribution in [3.8, 4) is 22.5 Å². The zero-order valence-electron chi connectivity index (χ0n) is 31.7. The minimum atomic E-state index is -0.182. The van der Waals surface area contributed by atoms with Crippen LogP contribution in [0.2, 0.25) is 0 Å². The predicted molar refractivity (Wildman–Crippen MR) is 243 cm³/mol. The summed E-state index contributed by atoms with van der Waals surface area (Å²) in [7, 11) is 2.19. The van der Waals surface area contributed by atoms with Crippen LogP contribution in [0.5, 0.6) is 0 Å². The molecule has 4 heterocycles. The predicted octanol–water partition coefficient (Wildman–Crippen LogP) is 12.2. The van der Waals surface area contributed by atoms with E-state index < -0.39 is 0 Å². The van der Waals surface area contributed by atoms with Gasteiger partial charge in [-0.25, -0.2) is 0 Å². The Labute approximate surface area is 339 Å². The van der Waals surface area contributed by atoms with Gasteiger partial charge in [0.25, 0.3) is 0 Å². The highest BCUT2D eigenvalue weighted by molar-refractivity contribution is 7.17. The number of nitrogens with zero attached hydrogens (tertiary/aromatic N) is 4. The number of benzene rings is 8. The molecule has 274 valence electrons. The maximum absolute atomic E-state index is 5.51. The van der Waals surface area contributed by atoms with Crippen LogP contribution in [0.3, 0.4) is 0 Å². The second-order valence-corrected chi connectivity index (χ2v) is 16.3. The van der Waals surface area contributed by atoms with E-state index in [2.05, 4.69) is 215 Å². The lowest BCUT2D eigenvalue weighted by Crippen LogP contribution is -2.38. The maximum Gasteiger partial charge on any atom is 0.147 e. The summed E-state index contributed by atoms with van der Waals surface area (Å²) in [6, 6.07) is 70.5. The van der Waals surface area contributed by atoms with Crippen molar-refractivity contribution >= 4 is 70.7 Å². The van der Waals surface area contributed by atoms with Gasteiger partial charge in [0, 0.05) is 50.1 Å². The van der Waals surface area contributed by atoms with Gasteiger partial charge >= 0.3 is 0 Å². The second-order valence-electron chi connectivity index (χ2n) is 15.2. The van der Waals surface area contributed by atoms with Crippen molar-refractivity contribution in [3.63, 3.8) is 0 Å². The molecule has 0 fully saturated rings. The largest absolute Gasteiger partial charge is 0.347 e. The Morgan fingerprint density at radius 3 is 1.76 bits per heavy atom. The van der Waals surface area contributed by atoms with Gasteiger partial charge in [0.15, 0.2) is 0 Å². The first-order chi connectivity index (χ1) is 28.7. The van der Waals surface area contributed by atoms with Crippen LogP contribution in [0.4, 0.5) is 0 Å². The third kappa shape index (κ3) is 4.97. The molecular weight excluding hydrogens is 725 g/mol. The van der Waals surface area contributed by atoms with Gasteiger partial charge in [-0.1, -0.05) is 127 Å². The highest BCUT2D eigenvalue weighted by atomic mass is 32.1. The quantitative estimate of drug-likeness (QED) is 0.172. The lowest BCUT2D eigenvalue weighted by atomic mass is 9.98. The van der Waals surface area contributed by atoms with Crippen LogP contribution in [0, 0.1) is 0 Å². The fourth-order valence-electron chi connectivity index (χ4n) is 9.31. The zero-order valence-corrected chi connectivity index (χ0v) is 32.6. The van der Waals surface area contributed by atoms with E-state index in [1.165, 1.54) is 80.6 Å². The summed E-state index contributed by atoms with van der Waals surface area (Å²) in [6.07, 6.45) is -0.182. The molecular formula is C53H36N4S. The molecule has 0 radical (unpaired) electrons. The molecule has 1 aliphatic rings. The van der Waals surface area contributed by atoms with Gasteiger partial charge in [-0.2, -0.15) is 0 Å². The van der Waals surface area contributed by atoms with Crippen LogP contribution in [-0.2, 0) is 0 Å². The topological polar surface area (TPSA) is 25.5 Å². The minimum absolute atomic E-state index is 0.182. The maximum atomic E-state index is 5.51. The molecule has 4 nitrogen and oxygen atoms in total. The lowest BCUT2D eigenvalue weighted by Gasteiger charge is -2.32. The van der Waals surface area contributed by atoms with Gasteiger partial charge in [0.2, 0.25) is 0 Å². The summed E-state index contributed by atoms with van der Waals surface area (Å²) in [6.45, 7) is 0. The number of hydrogen-bond acceptors (Lipinski definition) is 3. The van der Waals surface area contributed by atoms with E-state index in [0.717, 1.165) is 22.3 Å². The standard InChI is InChI=1S/C53H36N4S/c1-55-51(34-15-4-2-5-16-34)52-50(42-23-10-13-26-49(42)58-52)54-53(55)37-18-14-17-35(31-37)36-27-29-47-43(32-36)44-33-39(28-30-48(44)56(47)38-19-6-3-7-20-38)57-45-24-11-8-21-40(45)41-22-9-12-25-46(41)57/h2-33,53H,1H3. The van der Waals surface area contributed by atoms with Gasteiger partial charge in [-0.3, -0.25) is 4.99 Å². The first-order valence-electron chi connectivity index (χ1n) is 19.8. The Morgan fingerprint density at radius 2 is 1.00 bits per heavy atom. The van der Waals surface area contributed by atoms with E-state index >= 15 is 0 Å². The average Bonchev–Trinajstić information content (AvgIpc) is 3.94. The van der Waals surface area contributed by atoms with Gasteiger partial charge in [-0.15, -0.1) is 11.3 Å². The van der Waals surface area contributed by atoms with Crippen molar-refractivity contribution in [3.05, 3.63) is 215 Å². The second kappa shape index (κ2) is 12.9. The van der Waals surface area contributed by atoms with Crippen molar-refractivity contribution < 1.29 is 0 Å². The van der Waals surface area contributed by atoms with Gasteiger partial charge < -0.3 is 14.0 Å². The van der Waals surface area contributed by atoms with Crippen molar-refractivity contribution in [1.82, 2.24) is 14.0 Å². The summed E-state index contributed by atoms with van der Waals surface area (Å²) >= 11 is 1.83. The van der Waals surface area contributed by atoms with Gasteiger partial charge in [0.05, 0.1) is 37.7 Å². The number of thiophene rings is 1. The van der Waals surface area contributed by atoms with Crippen LogP contribution in [0.25, 0.3) is 81.9 Å². The average molecular weight is 761 g/mol. The van der Waals surface area contributed by atoms with E-state index in [1.807, 2.05) is 11.3 Å². The smallest absolute Gasteiger partial charge is 0.147 e. The molecule has 0 saturated carbocycles. The molecule has 0 saturated heterocycles. The SMILES string of the molecule is CN1C(c2ccccc2)=c2sc3ccccc3c2=NC1c1cccc(-c2ccc3c(c2)c2cc(-n4c5ccccc5c5ccccc54)ccc2n3-c2ccccc2)c1. The molecule has 58 heavy (non-hydrogen) atoms. The molecule has 0 spiro atoms. The van der Waals surface area contributed by atoms with Crippen LogP contribution >= 0.6 is 11.3 Å². The summed E-state index contributed by atoms with van der Waals surface area (Å²) < 4.78 is 7.30. The Balaban J connectivity index is 1.04.